The van der Waals surface area contributed by atoms with Crippen LogP contribution in [0.5, 0.6) is 0 Å². The number of hydrogen-bond acceptors (Lipinski definition) is 4. The molecule has 186 valence electrons. The summed E-state index contributed by atoms with van der Waals surface area (Å²) in [7, 11) is 0. The van der Waals surface area contributed by atoms with Gasteiger partial charge in [-0.15, -0.1) is 0 Å². The molecule has 0 heterocycles. The zero-order chi connectivity index (χ0) is 24.8. The van der Waals surface area contributed by atoms with E-state index < -0.39 is 17.5 Å². The molecule has 7 heteroatoms. The van der Waals surface area contributed by atoms with Crippen molar-refractivity contribution < 1.29 is 24.2 Å². The van der Waals surface area contributed by atoms with Crippen molar-refractivity contribution in [2.24, 2.45) is 11.3 Å². The summed E-state index contributed by atoms with van der Waals surface area (Å²) < 4.78 is 5.64. The smallest absolute Gasteiger partial charge is 0.407 e. The first-order valence-corrected chi connectivity index (χ1v) is 12.5. The average molecular weight is 479 g/mol. The van der Waals surface area contributed by atoms with Crippen molar-refractivity contribution in [1.29, 1.82) is 0 Å². The van der Waals surface area contributed by atoms with Crippen molar-refractivity contribution in [2.45, 2.75) is 51.4 Å². The third-order valence-corrected chi connectivity index (χ3v) is 7.55. The monoisotopic (exact) mass is 478 g/mol. The highest BCUT2D eigenvalue weighted by molar-refractivity contribution is 5.84. The Balaban J connectivity index is 1.33. The van der Waals surface area contributed by atoms with E-state index >= 15 is 0 Å². The number of carbonyl (C=O) groups is 3. The molecule has 0 radical (unpaired) electrons. The summed E-state index contributed by atoms with van der Waals surface area (Å²) in [5.41, 5.74) is 3.98. The Morgan fingerprint density at radius 3 is 2.17 bits per heavy atom. The molecule has 1 atom stereocenters. The normalized spacial score (nSPS) is 16.7. The largest absolute Gasteiger partial charge is 0.481 e. The maximum Gasteiger partial charge on any atom is 0.407 e. The molecule has 7 nitrogen and oxygen atoms in total. The molecule has 0 bridgehead atoms. The second-order valence-corrected chi connectivity index (χ2v) is 9.75. The van der Waals surface area contributed by atoms with Gasteiger partial charge in [0.2, 0.25) is 5.91 Å². The van der Waals surface area contributed by atoms with Gasteiger partial charge in [-0.25, -0.2) is 4.79 Å². The molecule has 35 heavy (non-hydrogen) atoms. The summed E-state index contributed by atoms with van der Waals surface area (Å²) in [6, 6.07) is 16.4. The number of ether oxygens (including phenoxy) is 1. The Morgan fingerprint density at radius 1 is 1.00 bits per heavy atom. The topological polar surface area (TPSA) is 105 Å². The Kier molecular flexibility index (Phi) is 7.73. The van der Waals surface area contributed by atoms with Crippen LogP contribution in [-0.2, 0) is 14.3 Å². The van der Waals surface area contributed by atoms with Crippen molar-refractivity contribution in [3.05, 3.63) is 59.7 Å². The molecule has 0 aliphatic heterocycles. The number of carbonyl (C=O) groups excluding carboxylic acids is 2. The van der Waals surface area contributed by atoms with Crippen LogP contribution in [0.25, 0.3) is 11.1 Å². The Morgan fingerprint density at radius 2 is 1.60 bits per heavy atom. The second kappa shape index (κ2) is 10.9. The van der Waals surface area contributed by atoms with E-state index in [0.29, 0.717) is 25.8 Å². The number of nitrogens with one attached hydrogen (secondary N) is 2. The molecule has 0 saturated heterocycles. The Hall–Kier alpha value is -3.35. The van der Waals surface area contributed by atoms with Gasteiger partial charge in [-0.3, -0.25) is 9.59 Å². The summed E-state index contributed by atoms with van der Waals surface area (Å²) in [6.45, 7) is 2.69. The van der Waals surface area contributed by atoms with Crippen molar-refractivity contribution in [3.8, 4) is 11.1 Å². The molecular weight excluding hydrogens is 444 g/mol. The zero-order valence-electron chi connectivity index (χ0n) is 20.2. The van der Waals surface area contributed by atoms with Gasteiger partial charge >= 0.3 is 12.1 Å². The van der Waals surface area contributed by atoms with E-state index in [-0.39, 0.29) is 37.3 Å². The van der Waals surface area contributed by atoms with E-state index in [9.17, 15) is 14.4 Å². The van der Waals surface area contributed by atoms with E-state index in [1.807, 2.05) is 31.2 Å². The van der Waals surface area contributed by atoms with Gasteiger partial charge in [0.15, 0.2) is 0 Å². The Labute approximate surface area is 206 Å². The van der Waals surface area contributed by atoms with Crippen molar-refractivity contribution in [2.75, 3.05) is 19.7 Å². The number of benzene rings is 2. The maximum absolute atomic E-state index is 13.1. The molecule has 0 spiro atoms. The molecule has 2 amide bonds. The van der Waals surface area contributed by atoms with Gasteiger partial charge in [0.05, 0.1) is 5.41 Å². The third kappa shape index (κ3) is 5.50. The number of amides is 2. The van der Waals surface area contributed by atoms with Crippen LogP contribution in [-0.4, -0.2) is 42.8 Å². The summed E-state index contributed by atoms with van der Waals surface area (Å²) >= 11 is 0. The van der Waals surface area contributed by atoms with Crippen LogP contribution in [0.15, 0.2) is 48.5 Å². The van der Waals surface area contributed by atoms with E-state index in [0.717, 1.165) is 24.0 Å². The van der Waals surface area contributed by atoms with Crippen molar-refractivity contribution in [1.82, 2.24) is 10.6 Å². The predicted molar refractivity (Wildman–Crippen MR) is 133 cm³/mol. The summed E-state index contributed by atoms with van der Waals surface area (Å²) in [4.78, 5) is 36.8. The van der Waals surface area contributed by atoms with Gasteiger partial charge in [0.25, 0.3) is 0 Å². The van der Waals surface area contributed by atoms with E-state index in [4.69, 9.17) is 9.84 Å². The van der Waals surface area contributed by atoms with Crippen LogP contribution in [0.4, 0.5) is 4.79 Å². The molecular formula is C28H34N2O5. The number of hydrogen-bond donors (Lipinski definition) is 3. The average Bonchev–Trinajstić information content (AvgIpc) is 3.47. The number of rotatable bonds is 10. The van der Waals surface area contributed by atoms with Gasteiger partial charge < -0.3 is 20.5 Å². The van der Waals surface area contributed by atoms with Gasteiger partial charge in [-0.1, -0.05) is 74.7 Å². The minimum Gasteiger partial charge on any atom is -0.481 e. The summed E-state index contributed by atoms with van der Waals surface area (Å²) in [5, 5.41) is 14.8. The lowest BCUT2D eigenvalue weighted by Crippen LogP contribution is -2.48. The molecule has 1 saturated carbocycles. The third-order valence-electron chi connectivity index (χ3n) is 7.55. The van der Waals surface area contributed by atoms with E-state index in [1.54, 1.807) is 0 Å². The molecule has 0 aromatic heterocycles. The lowest BCUT2D eigenvalue weighted by Gasteiger charge is -2.28. The number of fused-ring (bicyclic) bond motifs is 3. The van der Waals surface area contributed by atoms with Gasteiger partial charge in [0, 0.05) is 25.4 Å². The Bertz CT molecular complexity index is 1030. The van der Waals surface area contributed by atoms with Crippen molar-refractivity contribution in [3.63, 3.8) is 0 Å². The molecule has 1 unspecified atom stereocenters. The minimum atomic E-state index is -0.862. The highest BCUT2D eigenvalue weighted by Gasteiger charge is 2.41. The molecule has 2 aliphatic rings. The predicted octanol–water partition coefficient (Wildman–Crippen LogP) is 4.70. The minimum absolute atomic E-state index is 0.0166. The van der Waals surface area contributed by atoms with Crippen LogP contribution < -0.4 is 10.6 Å². The summed E-state index contributed by atoms with van der Waals surface area (Å²) in [6.07, 6.45) is 3.41. The fourth-order valence-electron chi connectivity index (χ4n) is 5.46. The van der Waals surface area contributed by atoms with Crippen molar-refractivity contribution >= 4 is 18.0 Å². The number of carboxylic acids is 1. The molecule has 3 N–H and O–H groups in total. The molecule has 1 fully saturated rings. The van der Waals surface area contributed by atoms with Crippen LogP contribution in [0, 0.1) is 11.3 Å². The van der Waals surface area contributed by atoms with Crippen LogP contribution in [0.2, 0.25) is 0 Å². The second-order valence-electron chi connectivity index (χ2n) is 9.75. The quantitative estimate of drug-likeness (QED) is 0.459. The van der Waals surface area contributed by atoms with Crippen LogP contribution in [0.1, 0.15) is 62.5 Å². The van der Waals surface area contributed by atoms with Crippen LogP contribution >= 0.6 is 0 Å². The maximum atomic E-state index is 13.1. The van der Waals surface area contributed by atoms with Gasteiger partial charge in [0.1, 0.15) is 6.61 Å². The van der Waals surface area contributed by atoms with E-state index in [1.165, 1.54) is 11.1 Å². The first-order chi connectivity index (χ1) is 16.9. The lowest BCUT2D eigenvalue weighted by molar-refractivity contribution is -0.138. The molecule has 2 aromatic rings. The lowest BCUT2D eigenvalue weighted by atomic mass is 9.84. The number of alkyl carbamates (subject to hydrolysis) is 1. The summed E-state index contributed by atoms with van der Waals surface area (Å²) in [5.74, 6) is -1.10. The van der Waals surface area contributed by atoms with Gasteiger partial charge in [-0.2, -0.15) is 0 Å². The van der Waals surface area contributed by atoms with Crippen LogP contribution in [0.3, 0.4) is 0 Å². The molecule has 4 rings (SSSR count). The highest BCUT2D eigenvalue weighted by Crippen LogP contribution is 2.44. The fourth-order valence-corrected chi connectivity index (χ4v) is 5.46. The first-order valence-electron chi connectivity index (χ1n) is 12.5. The number of carboxylic acid groups (broad SMARTS) is 1. The molecule has 2 aliphatic carbocycles. The number of aliphatic carboxylic acids is 1. The standard InChI is InChI=1S/C28H34N2O5/c1-2-19(15-25(31)32)16-29-26(33)28(13-7-8-14-28)18-30-27(34)35-17-24-22-11-5-3-9-20(22)21-10-4-6-12-23(21)24/h3-6,9-12,19,24H,2,7-8,13-18H2,1H3,(H,29,33)(H,30,34)(H,31,32). The SMILES string of the molecule is CCC(CNC(=O)C1(CNC(=O)OCC2c3ccccc3-c3ccccc32)CCCC1)CC(=O)O. The fraction of sp³-hybridized carbons (Fsp3) is 0.464. The first kappa shape index (κ1) is 24.8. The van der Waals surface area contributed by atoms with Gasteiger partial charge in [-0.05, 0) is 41.0 Å². The zero-order valence-corrected chi connectivity index (χ0v) is 20.2. The highest BCUT2D eigenvalue weighted by atomic mass is 16.5. The molecule has 2 aromatic carbocycles. The van der Waals surface area contributed by atoms with E-state index in [2.05, 4.69) is 34.9 Å².